The molecule has 1 nitrogen and oxygen atoms in total. The summed E-state index contributed by atoms with van der Waals surface area (Å²) in [7, 11) is 0. The number of aromatic hydroxyl groups is 1. The quantitative estimate of drug-likeness (QED) is 0.413. The van der Waals surface area contributed by atoms with Crippen LogP contribution in [-0.4, -0.2) is 5.11 Å². The lowest BCUT2D eigenvalue weighted by Crippen LogP contribution is -2.32. The van der Waals surface area contributed by atoms with Gasteiger partial charge >= 0.3 is 0 Å². The normalized spacial score (nSPS) is 14.5. The van der Waals surface area contributed by atoms with Gasteiger partial charge in [0.05, 0.1) is 0 Å². The van der Waals surface area contributed by atoms with Gasteiger partial charge in [-0.25, -0.2) is 0 Å². The summed E-state index contributed by atoms with van der Waals surface area (Å²) in [4.78, 5) is 0. The van der Waals surface area contributed by atoms with Crippen LogP contribution in [0.2, 0.25) is 0 Å². The molecule has 0 bridgehead atoms. The average molecular weight is 364 g/mol. The van der Waals surface area contributed by atoms with E-state index in [-0.39, 0.29) is 0 Å². The summed E-state index contributed by atoms with van der Waals surface area (Å²) >= 11 is 0. The van der Waals surface area contributed by atoms with Gasteiger partial charge in [0.25, 0.3) is 0 Å². The lowest BCUT2D eigenvalue weighted by atomic mass is 9.63. The summed E-state index contributed by atoms with van der Waals surface area (Å²) in [5, 5.41) is 13.3. The Morgan fingerprint density at radius 3 is 1.93 bits per heavy atom. The van der Waals surface area contributed by atoms with Crippen LogP contribution in [-0.2, 0) is 11.8 Å². The Morgan fingerprint density at radius 1 is 0.714 bits per heavy atom. The van der Waals surface area contributed by atoms with Crippen molar-refractivity contribution in [2.24, 2.45) is 0 Å². The summed E-state index contributed by atoms with van der Waals surface area (Å²) in [6.45, 7) is 6.56. The van der Waals surface area contributed by atoms with Gasteiger partial charge < -0.3 is 5.11 Å². The standard InChI is InChI=1S/C27H24O/c1-17-8-11-23-20(14-17)16-21-15-18(2)9-12-24(21)27(23,3)25-13-10-19-6-4-5-7-22(19)26(25)28/h4-15,28H,16H2,1-3H3. The second kappa shape index (κ2) is 5.97. The molecule has 0 aromatic heterocycles. The van der Waals surface area contributed by atoms with E-state index < -0.39 is 5.41 Å². The van der Waals surface area contributed by atoms with Crippen LogP contribution in [0.15, 0.2) is 72.8 Å². The molecule has 0 saturated carbocycles. The number of aryl methyl sites for hydroxylation is 2. The lowest BCUT2D eigenvalue weighted by Gasteiger charge is -2.39. The van der Waals surface area contributed by atoms with Crippen LogP contribution >= 0.6 is 0 Å². The minimum Gasteiger partial charge on any atom is -0.507 e. The molecule has 0 amide bonds. The fraction of sp³-hybridized carbons (Fsp3) is 0.185. The van der Waals surface area contributed by atoms with Crippen LogP contribution in [0.3, 0.4) is 0 Å². The third-order valence-electron chi connectivity index (χ3n) is 6.42. The monoisotopic (exact) mass is 364 g/mol. The molecule has 28 heavy (non-hydrogen) atoms. The van der Waals surface area contributed by atoms with Gasteiger partial charge in [-0.3, -0.25) is 0 Å². The second-order valence-electron chi connectivity index (χ2n) is 8.31. The molecular formula is C27H24O. The van der Waals surface area contributed by atoms with Gasteiger partial charge in [-0.2, -0.15) is 0 Å². The predicted octanol–water partition coefficient (Wildman–Crippen LogP) is 6.42. The highest BCUT2D eigenvalue weighted by atomic mass is 16.3. The first-order valence-electron chi connectivity index (χ1n) is 9.89. The van der Waals surface area contributed by atoms with Gasteiger partial charge in [-0.05, 0) is 54.8 Å². The van der Waals surface area contributed by atoms with Crippen LogP contribution in [0.25, 0.3) is 10.8 Å². The number of hydrogen-bond acceptors (Lipinski definition) is 1. The first kappa shape index (κ1) is 17.1. The minimum atomic E-state index is -0.390. The van der Waals surface area contributed by atoms with E-state index >= 15 is 0 Å². The molecule has 138 valence electrons. The van der Waals surface area contributed by atoms with Gasteiger partial charge in [-0.15, -0.1) is 0 Å². The maximum atomic E-state index is 11.3. The van der Waals surface area contributed by atoms with Crippen LogP contribution in [0.5, 0.6) is 5.75 Å². The van der Waals surface area contributed by atoms with Crippen molar-refractivity contribution in [3.05, 3.63) is 112 Å². The zero-order chi connectivity index (χ0) is 19.5. The van der Waals surface area contributed by atoms with E-state index in [1.807, 2.05) is 18.2 Å². The first-order chi connectivity index (χ1) is 13.5. The number of rotatable bonds is 1. The van der Waals surface area contributed by atoms with E-state index in [0.717, 1.165) is 22.8 Å². The molecule has 1 heteroatoms. The van der Waals surface area contributed by atoms with Gasteiger partial charge in [0.15, 0.2) is 0 Å². The zero-order valence-electron chi connectivity index (χ0n) is 16.6. The van der Waals surface area contributed by atoms with Crippen molar-refractivity contribution in [3.8, 4) is 5.75 Å². The van der Waals surface area contributed by atoms with Crippen LogP contribution in [0, 0.1) is 13.8 Å². The summed E-state index contributed by atoms with van der Waals surface area (Å²) in [6.07, 6.45) is 0.942. The number of benzene rings is 4. The molecule has 0 unspecified atom stereocenters. The van der Waals surface area contributed by atoms with Crippen LogP contribution in [0.4, 0.5) is 0 Å². The zero-order valence-corrected chi connectivity index (χ0v) is 16.6. The maximum absolute atomic E-state index is 11.3. The highest BCUT2D eigenvalue weighted by Crippen LogP contribution is 2.50. The van der Waals surface area contributed by atoms with E-state index in [9.17, 15) is 5.11 Å². The maximum Gasteiger partial charge on any atom is 0.127 e. The van der Waals surface area contributed by atoms with E-state index in [4.69, 9.17) is 0 Å². The molecule has 1 N–H and O–H groups in total. The Kier molecular flexibility index (Phi) is 3.64. The predicted molar refractivity (Wildman–Crippen MR) is 116 cm³/mol. The van der Waals surface area contributed by atoms with Crippen LogP contribution in [0.1, 0.15) is 45.9 Å². The molecule has 0 heterocycles. The molecule has 0 fully saturated rings. The minimum absolute atomic E-state index is 0.389. The summed E-state index contributed by atoms with van der Waals surface area (Å²) in [5.74, 6) is 0.389. The molecule has 0 spiro atoms. The van der Waals surface area contributed by atoms with Crippen molar-refractivity contribution in [2.75, 3.05) is 0 Å². The van der Waals surface area contributed by atoms with Crippen molar-refractivity contribution >= 4 is 10.8 Å². The van der Waals surface area contributed by atoms with Crippen molar-refractivity contribution in [2.45, 2.75) is 32.6 Å². The fourth-order valence-corrected chi connectivity index (χ4v) is 5.01. The van der Waals surface area contributed by atoms with Crippen molar-refractivity contribution < 1.29 is 5.11 Å². The number of phenolic OH excluding ortho intramolecular Hbond substituents is 1. The van der Waals surface area contributed by atoms with E-state index in [1.54, 1.807) is 0 Å². The van der Waals surface area contributed by atoms with Gasteiger partial charge in [0, 0.05) is 16.4 Å². The molecule has 5 rings (SSSR count). The smallest absolute Gasteiger partial charge is 0.127 e. The Morgan fingerprint density at radius 2 is 1.29 bits per heavy atom. The van der Waals surface area contributed by atoms with E-state index in [0.29, 0.717) is 5.75 Å². The number of fused-ring (bicyclic) bond motifs is 3. The first-order valence-corrected chi connectivity index (χ1v) is 9.89. The number of phenols is 1. The summed E-state index contributed by atoms with van der Waals surface area (Å²) < 4.78 is 0. The fourth-order valence-electron chi connectivity index (χ4n) is 5.01. The Balaban J connectivity index is 1.87. The largest absolute Gasteiger partial charge is 0.507 e. The molecule has 1 aliphatic carbocycles. The summed E-state index contributed by atoms with van der Waals surface area (Å²) in [5.41, 5.74) is 8.43. The van der Waals surface area contributed by atoms with Gasteiger partial charge in [0.2, 0.25) is 0 Å². The van der Waals surface area contributed by atoms with Gasteiger partial charge in [0.1, 0.15) is 5.75 Å². The molecule has 4 aromatic rings. The van der Waals surface area contributed by atoms with Crippen molar-refractivity contribution in [1.29, 1.82) is 0 Å². The van der Waals surface area contributed by atoms with E-state index in [1.165, 1.54) is 33.4 Å². The molecule has 0 aliphatic heterocycles. The molecular weight excluding hydrogens is 340 g/mol. The molecule has 0 saturated heterocycles. The molecule has 0 radical (unpaired) electrons. The van der Waals surface area contributed by atoms with Crippen LogP contribution < -0.4 is 0 Å². The van der Waals surface area contributed by atoms with Crippen molar-refractivity contribution in [3.63, 3.8) is 0 Å². The molecule has 0 atom stereocenters. The highest BCUT2D eigenvalue weighted by Gasteiger charge is 2.40. The Labute approximate surface area is 166 Å². The Bertz CT molecular complexity index is 1180. The summed E-state index contributed by atoms with van der Waals surface area (Å²) in [6, 6.07) is 25.8. The molecule has 4 aromatic carbocycles. The topological polar surface area (TPSA) is 20.2 Å². The average Bonchev–Trinajstić information content (AvgIpc) is 2.68. The third-order valence-corrected chi connectivity index (χ3v) is 6.42. The highest BCUT2D eigenvalue weighted by molar-refractivity contribution is 5.90. The Hall–Kier alpha value is -3.06. The molecule has 1 aliphatic rings. The number of hydrogen-bond donors (Lipinski definition) is 1. The van der Waals surface area contributed by atoms with Gasteiger partial charge in [-0.1, -0.05) is 83.9 Å². The second-order valence-corrected chi connectivity index (χ2v) is 8.31. The lowest BCUT2D eigenvalue weighted by molar-refractivity contribution is 0.462. The van der Waals surface area contributed by atoms with E-state index in [2.05, 4.69) is 75.4 Å². The third kappa shape index (κ3) is 2.32. The van der Waals surface area contributed by atoms with Crippen molar-refractivity contribution in [1.82, 2.24) is 0 Å². The SMILES string of the molecule is Cc1ccc2c(c1)Cc1cc(C)ccc1C2(C)c1ccc2ccccc2c1O.